The minimum Gasteiger partial charge on any atom is -0.484 e. The number of para-hydroxylation sites is 1. The third-order valence-corrected chi connectivity index (χ3v) is 4.43. The van der Waals surface area contributed by atoms with Crippen molar-refractivity contribution in [2.45, 2.75) is 24.7 Å². The van der Waals surface area contributed by atoms with Crippen LogP contribution in [0.1, 0.15) is 17.0 Å². The van der Waals surface area contributed by atoms with Crippen LogP contribution in [0.3, 0.4) is 0 Å². The fourth-order valence-corrected chi connectivity index (χ4v) is 3.27. The summed E-state index contributed by atoms with van der Waals surface area (Å²) in [5.41, 5.74) is 8.22. The van der Waals surface area contributed by atoms with E-state index in [1.54, 1.807) is 24.3 Å². The first-order valence-electron chi connectivity index (χ1n) is 8.23. The normalized spacial score (nSPS) is 21.4. The molecule has 0 radical (unpaired) electrons. The number of rotatable bonds is 5. The smallest absolute Gasteiger partial charge is 0.422 e. The van der Waals surface area contributed by atoms with Crippen LogP contribution in [0.2, 0.25) is 0 Å². The number of ether oxygens (including phenoxy) is 1. The van der Waals surface area contributed by atoms with Gasteiger partial charge in [-0.2, -0.15) is 13.2 Å². The Kier molecular flexibility index (Phi) is 5.30. The first-order chi connectivity index (χ1) is 11.9. The molecule has 0 unspecified atom stereocenters. The molecule has 2 aromatic rings. The number of benzene rings is 2. The van der Waals surface area contributed by atoms with Crippen LogP contribution in [0.5, 0.6) is 5.75 Å². The van der Waals surface area contributed by atoms with Crippen molar-refractivity contribution in [1.82, 2.24) is 4.90 Å². The van der Waals surface area contributed by atoms with Crippen LogP contribution in [0.25, 0.3) is 0 Å². The van der Waals surface area contributed by atoms with Gasteiger partial charge in [0, 0.05) is 37.2 Å². The van der Waals surface area contributed by atoms with Crippen molar-refractivity contribution < 1.29 is 17.9 Å². The van der Waals surface area contributed by atoms with E-state index in [-0.39, 0.29) is 17.7 Å². The molecule has 3 nitrogen and oxygen atoms in total. The Labute approximate surface area is 145 Å². The molecule has 6 heteroatoms. The summed E-state index contributed by atoms with van der Waals surface area (Å²) < 4.78 is 42.2. The molecule has 1 heterocycles. The predicted molar refractivity (Wildman–Crippen MR) is 90.4 cm³/mol. The topological polar surface area (TPSA) is 38.5 Å². The van der Waals surface area contributed by atoms with Crippen molar-refractivity contribution >= 4 is 0 Å². The molecule has 1 aliphatic rings. The third-order valence-electron chi connectivity index (χ3n) is 4.43. The summed E-state index contributed by atoms with van der Waals surface area (Å²) in [5, 5.41) is 0. The molecule has 1 saturated heterocycles. The minimum atomic E-state index is -4.35. The van der Waals surface area contributed by atoms with Gasteiger partial charge in [0.05, 0.1) is 0 Å². The SMILES string of the molecule is N[C@@H]1CN(Cc2ccccc2OCC(F)(F)F)C[C@H]1c1ccccc1. The molecule has 0 spiro atoms. The molecule has 134 valence electrons. The second kappa shape index (κ2) is 7.45. The Morgan fingerprint density at radius 1 is 1.00 bits per heavy atom. The van der Waals surface area contributed by atoms with Gasteiger partial charge in [0.25, 0.3) is 0 Å². The molecule has 0 aliphatic carbocycles. The van der Waals surface area contributed by atoms with Crippen LogP contribution in [-0.2, 0) is 6.54 Å². The van der Waals surface area contributed by atoms with E-state index >= 15 is 0 Å². The first-order valence-corrected chi connectivity index (χ1v) is 8.23. The van der Waals surface area contributed by atoms with E-state index in [9.17, 15) is 13.2 Å². The van der Waals surface area contributed by atoms with Crippen LogP contribution in [0, 0.1) is 0 Å². The lowest BCUT2D eigenvalue weighted by atomic mass is 9.95. The molecule has 25 heavy (non-hydrogen) atoms. The van der Waals surface area contributed by atoms with Crippen molar-refractivity contribution in [1.29, 1.82) is 0 Å². The number of alkyl halides is 3. The lowest BCUT2D eigenvalue weighted by Crippen LogP contribution is -2.28. The van der Waals surface area contributed by atoms with Gasteiger partial charge in [-0.25, -0.2) is 0 Å². The van der Waals surface area contributed by atoms with E-state index < -0.39 is 12.8 Å². The molecule has 3 rings (SSSR count). The van der Waals surface area contributed by atoms with E-state index in [1.807, 2.05) is 18.2 Å². The highest BCUT2D eigenvalue weighted by molar-refractivity contribution is 5.34. The molecule has 1 aliphatic heterocycles. The van der Waals surface area contributed by atoms with E-state index in [2.05, 4.69) is 17.0 Å². The van der Waals surface area contributed by atoms with Gasteiger partial charge in [0.1, 0.15) is 5.75 Å². The van der Waals surface area contributed by atoms with E-state index in [4.69, 9.17) is 10.5 Å². The Morgan fingerprint density at radius 3 is 2.40 bits per heavy atom. The van der Waals surface area contributed by atoms with Gasteiger partial charge < -0.3 is 10.5 Å². The molecule has 0 saturated carbocycles. The molecular weight excluding hydrogens is 329 g/mol. The zero-order valence-corrected chi connectivity index (χ0v) is 13.7. The summed E-state index contributed by atoms with van der Waals surface area (Å²) in [6.45, 7) is 0.715. The van der Waals surface area contributed by atoms with E-state index in [0.29, 0.717) is 13.1 Å². The molecule has 2 aromatic carbocycles. The third kappa shape index (κ3) is 4.74. The maximum atomic E-state index is 12.4. The Bertz CT molecular complexity index is 691. The van der Waals surface area contributed by atoms with Crippen LogP contribution in [0.15, 0.2) is 54.6 Å². The van der Waals surface area contributed by atoms with E-state index in [0.717, 1.165) is 12.1 Å². The van der Waals surface area contributed by atoms with Crippen LogP contribution >= 0.6 is 0 Å². The predicted octanol–water partition coefficient (Wildman–Crippen LogP) is 3.55. The van der Waals surface area contributed by atoms with Gasteiger partial charge in [-0.1, -0.05) is 48.5 Å². The molecular formula is C19H21F3N2O. The fourth-order valence-electron chi connectivity index (χ4n) is 3.27. The minimum absolute atomic E-state index is 0.00524. The average molecular weight is 350 g/mol. The number of hydrogen-bond donors (Lipinski definition) is 1. The zero-order valence-electron chi connectivity index (χ0n) is 13.7. The highest BCUT2D eigenvalue weighted by Gasteiger charge is 2.32. The summed E-state index contributed by atoms with van der Waals surface area (Å²) in [4.78, 5) is 2.16. The second-order valence-electron chi connectivity index (χ2n) is 6.39. The Morgan fingerprint density at radius 2 is 1.68 bits per heavy atom. The number of nitrogens with zero attached hydrogens (tertiary/aromatic N) is 1. The highest BCUT2D eigenvalue weighted by Crippen LogP contribution is 2.29. The number of nitrogens with two attached hydrogens (primary N) is 1. The second-order valence-corrected chi connectivity index (χ2v) is 6.39. The van der Waals surface area contributed by atoms with Gasteiger partial charge in [0.2, 0.25) is 0 Å². The lowest BCUT2D eigenvalue weighted by molar-refractivity contribution is -0.153. The molecule has 0 bridgehead atoms. The zero-order chi connectivity index (χ0) is 17.9. The fraction of sp³-hybridized carbons (Fsp3) is 0.368. The quantitative estimate of drug-likeness (QED) is 0.896. The monoisotopic (exact) mass is 350 g/mol. The van der Waals surface area contributed by atoms with Crippen molar-refractivity contribution in [3.8, 4) is 5.75 Å². The van der Waals surface area contributed by atoms with Gasteiger partial charge in [0.15, 0.2) is 6.61 Å². The largest absolute Gasteiger partial charge is 0.484 e. The maximum absolute atomic E-state index is 12.4. The number of likely N-dealkylation sites (tertiary alicyclic amines) is 1. The standard InChI is InChI=1S/C19H21F3N2O/c20-19(21,22)13-25-18-9-5-4-8-15(18)10-24-11-16(17(23)12-24)14-6-2-1-3-7-14/h1-9,16-17H,10-13,23H2/t16-,17+/m0/s1. The molecule has 1 fully saturated rings. The van der Waals surface area contributed by atoms with Crippen molar-refractivity contribution in [2.24, 2.45) is 5.73 Å². The molecule has 0 amide bonds. The van der Waals surface area contributed by atoms with Gasteiger partial charge >= 0.3 is 6.18 Å². The van der Waals surface area contributed by atoms with Crippen molar-refractivity contribution in [2.75, 3.05) is 19.7 Å². The highest BCUT2D eigenvalue weighted by atomic mass is 19.4. The van der Waals surface area contributed by atoms with E-state index in [1.165, 1.54) is 5.56 Å². The summed E-state index contributed by atoms with van der Waals surface area (Å²) in [7, 11) is 0. The van der Waals surface area contributed by atoms with Gasteiger partial charge in [-0.15, -0.1) is 0 Å². The Balaban J connectivity index is 1.67. The summed E-state index contributed by atoms with van der Waals surface area (Å²) >= 11 is 0. The van der Waals surface area contributed by atoms with Crippen LogP contribution < -0.4 is 10.5 Å². The van der Waals surface area contributed by atoms with Crippen LogP contribution in [-0.4, -0.2) is 36.8 Å². The maximum Gasteiger partial charge on any atom is 0.422 e. The molecule has 0 aromatic heterocycles. The number of hydrogen-bond acceptors (Lipinski definition) is 3. The lowest BCUT2D eigenvalue weighted by Gasteiger charge is -2.19. The van der Waals surface area contributed by atoms with Crippen molar-refractivity contribution in [3.63, 3.8) is 0 Å². The van der Waals surface area contributed by atoms with Crippen LogP contribution in [0.4, 0.5) is 13.2 Å². The summed E-state index contributed by atoms with van der Waals surface area (Å²) in [6, 6.07) is 16.9. The first kappa shape index (κ1) is 17.8. The van der Waals surface area contributed by atoms with Gasteiger partial charge in [-0.05, 0) is 11.6 Å². The molecule has 2 atom stereocenters. The molecule has 2 N–H and O–H groups in total. The van der Waals surface area contributed by atoms with Crippen molar-refractivity contribution in [3.05, 3.63) is 65.7 Å². The Hall–Kier alpha value is -2.05. The average Bonchev–Trinajstić information content (AvgIpc) is 2.94. The van der Waals surface area contributed by atoms with Gasteiger partial charge in [-0.3, -0.25) is 4.90 Å². The summed E-state index contributed by atoms with van der Waals surface area (Å²) in [5.74, 6) is 0.501. The summed E-state index contributed by atoms with van der Waals surface area (Å²) in [6.07, 6.45) is -4.35. The number of halogens is 3.